The summed E-state index contributed by atoms with van der Waals surface area (Å²) >= 11 is 6.58. The third-order valence-electron chi connectivity index (χ3n) is 3.24. The van der Waals surface area contributed by atoms with E-state index in [9.17, 15) is 9.90 Å². The highest BCUT2D eigenvalue weighted by Crippen LogP contribution is 2.30. The van der Waals surface area contributed by atoms with Gasteiger partial charge in [-0.1, -0.05) is 30.3 Å². The zero-order valence-electron chi connectivity index (χ0n) is 12.2. The lowest BCUT2D eigenvalue weighted by Crippen LogP contribution is -2.01. The van der Waals surface area contributed by atoms with Gasteiger partial charge in [0, 0.05) is 13.0 Å². The molecule has 0 radical (unpaired) electrons. The van der Waals surface area contributed by atoms with Crippen molar-refractivity contribution in [3.8, 4) is 5.88 Å². The Morgan fingerprint density at radius 3 is 2.68 bits per heavy atom. The largest absolute Gasteiger partial charge is 0.493 e. The molecule has 0 aliphatic rings. The van der Waals surface area contributed by atoms with Crippen LogP contribution in [0.25, 0.3) is 11.6 Å². The molecule has 22 heavy (non-hydrogen) atoms. The van der Waals surface area contributed by atoms with Gasteiger partial charge in [0.25, 0.3) is 0 Å². The van der Waals surface area contributed by atoms with E-state index in [1.807, 2.05) is 43.3 Å². The van der Waals surface area contributed by atoms with E-state index in [1.54, 1.807) is 4.57 Å². The van der Waals surface area contributed by atoms with Gasteiger partial charge in [0.1, 0.15) is 0 Å². The standard InChI is InChI=1S/C16H17NO3S2/c1-11(12-6-3-2-4-7-12)10-13-15(20)17(16(21)22-13)9-5-8-14(18)19/h2-4,6-7,10,20H,5,8-9H2,1H3,(H,18,19). The predicted molar refractivity (Wildman–Crippen MR) is 91.7 cm³/mol. The molecule has 4 nitrogen and oxygen atoms in total. The molecule has 116 valence electrons. The van der Waals surface area contributed by atoms with Crippen LogP contribution in [0.5, 0.6) is 5.88 Å². The topological polar surface area (TPSA) is 62.5 Å². The Kier molecular flexibility index (Phi) is 5.51. The highest BCUT2D eigenvalue weighted by atomic mass is 32.1. The van der Waals surface area contributed by atoms with Gasteiger partial charge >= 0.3 is 5.97 Å². The Balaban J connectivity index is 2.23. The number of aromatic nitrogens is 1. The van der Waals surface area contributed by atoms with E-state index in [1.165, 1.54) is 11.3 Å². The maximum absolute atomic E-state index is 10.6. The molecule has 1 aromatic carbocycles. The number of aromatic hydroxyl groups is 1. The number of allylic oxidation sites excluding steroid dienone is 1. The second kappa shape index (κ2) is 7.38. The first kappa shape index (κ1) is 16.5. The van der Waals surface area contributed by atoms with Crippen LogP contribution in [0.1, 0.15) is 30.2 Å². The van der Waals surface area contributed by atoms with Crippen molar-refractivity contribution in [2.45, 2.75) is 26.3 Å². The van der Waals surface area contributed by atoms with Crippen molar-refractivity contribution in [1.29, 1.82) is 0 Å². The number of carboxylic acid groups (broad SMARTS) is 1. The van der Waals surface area contributed by atoms with Crippen molar-refractivity contribution in [2.24, 2.45) is 0 Å². The molecule has 2 N–H and O–H groups in total. The number of hydrogen-bond acceptors (Lipinski definition) is 4. The van der Waals surface area contributed by atoms with Gasteiger partial charge < -0.3 is 10.2 Å². The zero-order chi connectivity index (χ0) is 16.1. The summed E-state index contributed by atoms with van der Waals surface area (Å²) in [6.45, 7) is 2.39. The number of rotatable bonds is 6. The fourth-order valence-corrected chi connectivity index (χ4v) is 3.44. The molecular formula is C16H17NO3S2. The van der Waals surface area contributed by atoms with Gasteiger partial charge in [-0.3, -0.25) is 9.36 Å². The molecule has 2 rings (SSSR count). The summed E-state index contributed by atoms with van der Waals surface area (Å²) < 4.78 is 2.14. The minimum Gasteiger partial charge on any atom is -0.493 e. The average Bonchev–Trinajstić information content (AvgIpc) is 2.75. The lowest BCUT2D eigenvalue weighted by molar-refractivity contribution is -0.137. The summed E-state index contributed by atoms with van der Waals surface area (Å²) in [5, 5.41) is 19.0. The summed E-state index contributed by atoms with van der Waals surface area (Å²) in [5.41, 5.74) is 2.11. The van der Waals surface area contributed by atoms with Crippen molar-refractivity contribution in [3.05, 3.63) is 44.7 Å². The predicted octanol–water partition coefficient (Wildman–Crippen LogP) is 4.41. The molecule has 0 aliphatic heterocycles. The molecule has 0 spiro atoms. The van der Waals surface area contributed by atoms with E-state index in [4.69, 9.17) is 17.3 Å². The second-order valence-electron chi connectivity index (χ2n) is 4.90. The van der Waals surface area contributed by atoms with Crippen molar-refractivity contribution in [1.82, 2.24) is 4.57 Å². The van der Waals surface area contributed by atoms with Crippen LogP contribution < -0.4 is 0 Å². The van der Waals surface area contributed by atoms with Gasteiger partial charge in [0.2, 0.25) is 5.88 Å². The summed E-state index contributed by atoms with van der Waals surface area (Å²) in [6, 6.07) is 9.90. The molecule has 1 aromatic heterocycles. The second-order valence-corrected chi connectivity index (χ2v) is 6.57. The zero-order valence-corrected chi connectivity index (χ0v) is 13.8. The third kappa shape index (κ3) is 4.05. The number of thiazole rings is 1. The SMILES string of the molecule is CC(=Cc1sc(=S)n(CCCC(=O)O)c1O)c1ccccc1. The number of aliphatic carboxylic acids is 1. The van der Waals surface area contributed by atoms with Crippen LogP contribution in [-0.4, -0.2) is 20.7 Å². The van der Waals surface area contributed by atoms with Crippen LogP contribution in [0, 0.1) is 3.95 Å². The Hall–Kier alpha value is -1.92. The third-order valence-corrected chi connectivity index (χ3v) is 4.63. The van der Waals surface area contributed by atoms with Crippen LogP contribution >= 0.6 is 23.6 Å². The van der Waals surface area contributed by atoms with Gasteiger partial charge in [-0.25, -0.2) is 0 Å². The quantitative estimate of drug-likeness (QED) is 0.768. The number of carbonyl (C=O) groups is 1. The first-order chi connectivity index (χ1) is 10.5. The number of hydrogen-bond donors (Lipinski definition) is 2. The maximum atomic E-state index is 10.6. The molecule has 0 fully saturated rings. The number of carboxylic acids is 1. The van der Waals surface area contributed by atoms with E-state index < -0.39 is 5.97 Å². The fraction of sp³-hybridized carbons (Fsp3) is 0.250. The lowest BCUT2D eigenvalue weighted by atomic mass is 10.1. The van der Waals surface area contributed by atoms with Crippen molar-refractivity contribution in [3.63, 3.8) is 0 Å². The van der Waals surface area contributed by atoms with Gasteiger partial charge in [-0.2, -0.15) is 0 Å². The summed E-state index contributed by atoms with van der Waals surface area (Å²) in [5.74, 6) is -0.739. The Morgan fingerprint density at radius 2 is 2.05 bits per heavy atom. The highest BCUT2D eigenvalue weighted by molar-refractivity contribution is 7.73. The number of benzene rings is 1. The minimum absolute atomic E-state index is 0.0608. The monoisotopic (exact) mass is 335 g/mol. The molecular weight excluding hydrogens is 318 g/mol. The van der Waals surface area contributed by atoms with Crippen molar-refractivity contribution in [2.75, 3.05) is 0 Å². The normalized spacial score (nSPS) is 11.6. The van der Waals surface area contributed by atoms with E-state index in [0.29, 0.717) is 21.8 Å². The van der Waals surface area contributed by atoms with Gasteiger partial charge in [0.15, 0.2) is 3.95 Å². The Labute approximate surface area is 138 Å². The molecule has 0 atom stereocenters. The van der Waals surface area contributed by atoms with E-state index >= 15 is 0 Å². The van der Waals surface area contributed by atoms with E-state index in [-0.39, 0.29) is 12.3 Å². The van der Waals surface area contributed by atoms with Crippen LogP contribution in [-0.2, 0) is 11.3 Å². The average molecular weight is 335 g/mol. The van der Waals surface area contributed by atoms with Crippen LogP contribution in [0.3, 0.4) is 0 Å². The molecule has 0 unspecified atom stereocenters. The summed E-state index contributed by atoms with van der Waals surface area (Å²) in [6.07, 6.45) is 2.40. The molecule has 0 aliphatic carbocycles. The lowest BCUT2D eigenvalue weighted by Gasteiger charge is -2.04. The van der Waals surface area contributed by atoms with Crippen LogP contribution in [0.4, 0.5) is 0 Å². The van der Waals surface area contributed by atoms with Crippen molar-refractivity contribution < 1.29 is 15.0 Å². The number of nitrogens with zero attached hydrogens (tertiary/aromatic N) is 1. The van der Waals surface area contributed by atoms with Gasteiger partial charge in [0.05, 0.1) is 4.88 Å². The molecule has 0 amide bonds. The van der Waals surface area contributed by atoms with Crippen LogP contribution in [0.15, 0.2) is 30.3 Å². The minimum atomic E-state index is -0.846. The van der Waals surface area contributed by atoms with Gasteiger partial charge in [-0.05, 0) is 42.8 Å². The first-order valence-electron chi connectivity index (χ1n) is 6.87. The molecule has 0 saturated carbocycles. The summed E-state index contributed by atoms with van der Waals surface area (Å²) in [7, 11) is 0. The smallest absolute Gasteiger partial charge is 0.303 e. The van der Waals surface area contributed by atoms with E-state index in [0.717, 1.165) is 11.1 Å². The van der Waals surface area contributed by atoms with Crippen LogP contribution in [0.2, 0.25) is 0 Å². The fourth-order valence-electron chi connectivity index (χ4n) is 2.07. The highest BCUT2D eigenvalue weighted by Gasteiger charge is 2.11. The molecule has 6 heteroatoms. The Morgan fingerprint density at radius 1 is 1.36 bits per heavy atom. The van der Waals surface area contributed by atoms with Gasteiger partial charge in [-0.15, -0.1) is 11.3 Å². The maximum Gasteiger partial charge on any atom is 0.303 e. The Bertz CT molecular complexity index is 744. The molecule has 0 bridgehead atoms. The van der Waals surface area contributed by atoms with Crippen molar-refractivity contribution >= 4 is 41.2 Å². The first-order valence-corrected chi connectivity index (χ1v) is 8.09. The molecule has 2 aromatic rings. The molecule has 1 heterocycles. The van der Waals surface area contributed by atoms with E-state index in [2.05, 4.69) is 0 Å². The summed E-state index contributed by atoms with van der Waals surface area (Å²) in [4.78, 5) is 11.3. The molecule has 0 saturated heterocycles.